The molecule has 0 aromatic heterocycles. The van der Waals surface area contributed by atoms with Crippen LogP contribution < -0.4 is 0 Å². The first-order valence-electron chi connectivity index (χ1n) is 2.45. The summed E-state index contributed by atoms with van der Waals surface area (Å²) in [6, 6.07) is 0. The summed E-state index contributed by atoms with van der Waals surface area (Å²) >= 11 is 0. The molecular weight excluding hydrogens is 120 g/mol. The molecule has 4 heteroatoms. The minimum atomic E-state index is -0.315. The van der Waals surface area contributed by atoms with Crippen molar-refractivity contribution in [1.82, 2.24) is 5.01 Å². The fourth-order valence-electron chi connectivity index (χ4n) is 0.301. The van der Waals surface area contributed by atoms with E-state index in [0.29, 0.717) is 0 Å². The summed E-state index contributed by atoms with van der Waals surface area (Å²) in [6.45, 7) is 3.37. The lowest BCUT2D eigenvalue weighted by Crippen LogP contribution is -2.21. The van der Waals surface area contributed by atoms with Gasteiger partial charge in [0, 0.05) is 13.8 Å². The number of hydrogen-bond acceptors (Lipinski definition) is 4. The fraction of sp³-hybridized carbons (Fsp3) is 0.600. The molecule has 0 aliphatic rings. The Kier molecular flexibility index (Phi) is 3.43. The lowest BCUT2D eigenvalue weighted by Gasteiger charge is -2.08. The van der Waals surface area contributed by atoms with Crippen molar-refractivity contribution >= 4 is 12.7 Å². The number of methoxy groups -OCH3 is 1. The Morgan fingerprint density at radius 3 is 2.78 bits per heavy atom. The van der Waals surface area contributed by atoms with Crippen LogP contribution in [-0.4, -0.2) is 38.4 Å². The van der Waals surface area contributed by atoms with Gasteiger partial charge in [-0.2, -0.15) is 5.10 Å². The van der Waals surface area contributed by atoms with E-state index in [1.165, 1.54) is 12.1 Å². The van der Waals surface area contributed by atoms with E-state index in [1.54, 1.807) is 7.05 Å². The van der Waals surface area contributed by atoms with Crippen molar-refractivity contribution in [2.24, 2.45) is 5.10 Å². The van der Waals surface area contributed by atoms with Crippen LogP contribution >= 0.6 is 0 Å². The molecule has 0 atom stereocenters. The van der Waals surface area contributed by atoms with E-state index in [-0.39, 0.29) is 12.5 Å². The van der Waals surface area contributed by atoms with E-state index < -0.39 is 0 Å². The topological polar surface area (TPSA) is 41.9 Å². The standard InChI is InChI=1S/C5H10N2O2/c1-6-7(2)4-5(8)9-3/h1,4H2,2-3H3. The Hall–Kier alpha value is -1.06. The smallest absolute Gasteiger partial charge is 0.327 e. The van der Waals surface area contributed by atoms with E-state index in [1.807, 2.05) is 0 Å². The zero-order valence-electron chi connectivity index (χ0n) is 5.63. The van der Waals surface area contributed by atoms with Crippen LogP contribution in [0.3, 0.4) is 0 Å². The monoisotopic (exact) mass is 130 g/mol. The number of likely N-dealkylation sites (N-methyl/N-ethyl adjacent to an activating group) is 1. The molecule has 0 aliphatic heterocycles. The quantitative estimate of drug-likeness (QED) is 0.299. The van der Waals surface area contributed by atoms with E-state index >= 15 is 0 Å². The predicted molar refractivity (Wildman–Crippen MR) is 34.2 cm³/mol. The van der Waals surface area contributed by atoms with Crippen molar-refractivity contribution in [2.45, 2.75) is 0 Å². The molecule has 0 radical (unpaired) electrons. The van der Waals surface area contributed by atoms with E-state index in [4.69, 9.17) is 0 Å². The molecule has 0 aromatic carbocycles. The molecule has 0 spiro atoms. The summed E-state index contributed by atoms with van der Waals surface area (Å²) in [6.07, 6.45) is 0. The number of rotatable bonds is 3. The van der Waals surface area contributed by atoms with Crippen molar-refractivity contribution in [3.8, 4) is 0 Å². The first kappa shape index (κ1) is 7.94. The molecule has 4 nitrogen and oxygen atoms in total. The first-order valence-corrected chi connectivity index (χ1v) is 2.45. The van der Waals surface area contributed by atoms with Gasteiger partial charge in [-0.25, -0.2) is 0 Å². The third-order valence-corrected chi connectivity index (χ3v) is 0.827. The van der Waals surface area contributed by atoms with E-state index in [9.17, 15) is 4.79 Å². The largest absolute Gasteiger partial charge is 0.468 e. The van der Waals surface area contributed by atoms with Crippen molar-refractivity contribution in [2.75, 3.05) is 20.7 Å². The third-order valence-electron chi connectivity index (χ3n) is 0.827. The summed E-state index contributed by atoms with van der Waals surface area (Å²) in [5.74, 6) is -0.315. The van der Waals surface area contributed by atoms with Gasteiger partial charge in [0.1, 0.15) is 6.54 Å². The highest BCUT2D eigenvalue weighted by Crippen LogP contribution is 1.81. The van der Waals surface area contributed by atoms with E-state index in [0.717, 1.165) is 0 Å². The molecular formula is C5H10N2O2. The molecule has 0 N–H and O–H groups in total. The zero-order chi connectivity index (χ0) is 7.28. The average Bonchev–Trinajstić information content (AvgIpc) is 1.87. The number of carbonyl (C=O) groups excluding carboxylic acids is 1. The van der Waals surface area contributed by atoms with Gasteiger partial charge < -0.3 is 4.74 Å². The van der Waals surface area contributed by atoms with Crippen molar-refractivity contribution in [1.29, 1.82) is 0 Å². The second-order valence-electron chi connectivity index (χ2n) is 1.53. The molecule has 52 valence electrons. The molecule has 0 rings (SSSR count). The van der Waals surface area contributed by atoms with E-state index in [2.05, 4.69) is 16.6 Å². The Balaban J connectivity index is 3.46. The Morgan fingerprint density at radius 2 is 2.44 bits per heavy atom. The SMILES string of the molecule is C=NN(C)CC(=O)OC. The first-order chi connectivity index (χ1) is 4.20. The number of carbonyl (C=O) groups is 1. The summed E-state index contributed by atoms with van der Waals surface area (Å²) in [5.41, 5.74) is 0. The molecule has 0 bridgehead atoms. The highest BCUT2D eigenvalue weighted by Gasteiger charge is 2.00. The predicted octanol–water partition coefficient (Wildman–Crippen LogP) is -0.293. The van der Waals surface area contributed by atoms with Gasteiger partial charge in [0.2, 0.25) is 0 Å². The van der Waals surface area contributed by atoms with Gasteiger partial charge in [0.15, 0.2) is 0 Å². The van der Waals surface area contributed by atoms with Gasteiger partial charge in [-0.3, -0.25) is 9.80 Å². The maximum absolute atomic E-state index is 10.4. The van der Waals surface area contributed by atoms with Crippen LogP contribution in [0.25, 0.3) is 0 Å². The van der Waals surface area contributed by atoms with Gasteiger partial charge >= 0.3 is 5.97 Å². The maximum Gasteiger partial charge on any atom is 0.327 e. The second-order valence-corrected chi connectivity index (χ2v) is 1.53. The highest BCUT2D eigenvalue weighted by atomic mass is 16.5. The number of hydrogen-bond donors (Lipinski definition) is 0. The van der Waals surface area contributed by atoms with Crippen LogP contribution in [0.4, 0.5) is 0 Å². The van der Waals surface area contributed by atoms with Gasteiger partial charge in [0.05, 0.1) is 7.11 Å². The van der Waals surface area contributed by atoms with Crippen LogP contribution in [0.2, 0.25) is 0 Å². The minimum Gasteiger partial charge on any atom is -0.468 e. The van der Waals surface area contributed by atoms with Crippen LogP contribution in [0.5, 0.6) is 0 Å². The van der Waals surface area contributed by atoms with Crippen LogP contribution in [0.15, 0.2) is 5.10 Å². The normalized spacial score (nSPS) is 8.22. The molecule has 0 saturated carbocycles. The summed E-state index contributed by atoms with van der Waals surface area (Å²) in [4.78, 5) is 10.4. The van der Waals surface area contributed by atoms with Crippen LogP contribution in [0, 0.1) is 0 Å². The molecule has 0 aromatic rings. The number of ether oxygens (including phenoxy) is 1. The van der Waals surface area contributed by atoms with Crippen molar-refractivity contribution in [3.05, 3.63) is 0 Å². The molecule has 0 aliphatic carbocycles. The number of hydrazone groups is 1. The zero-order valence-corrected chi connectivity index (χ0v) is 5.63. The minimum absolute atomic E-state index is 0.153. The van der Waals surface area contributed by atoms with Crippen molar-refractivity contribution in [3.63, 3.8) is 0 Å². The molecule has 0 fully saturated rings. The molecule has 0 unspecified atom stereocenters. The van der Waals surface area contributed by atoms with Gasteiger partial charge in [-0.15, -0.1) is 0 Å². The lowest BCUT2D eigenvalue weighted by molar-refractivity contribution is -0.141. The van der Waals surface area contributed by atoms with Crippen LogP contribution in [-0.2, 0) is 9.53 Å². The Labute approximate surface area is 54.1 Å². The van der Waals surface area contributed by atoms with Gasteiger partial charge in [-0.1, -0.05) is 0 Å². The van der Waals surface area contributed by atoms with Crippen LogP contribution in [0.1, 0.15) is 0 Å². The second kappa shape index (κ2) is 3.88. The molecule has 0 amide bonds. The molecule has 9 heavy (non-hydrogen) atoms. The molecule has 0 heterocycles. The fourth-order valence-corrected chi connectivity index (χ4v) is 0.301. The van der Waals surface area contributed by atoms with Crippen molar-refractivity contribution < 1.29 is 9.53 Å². The maximum atomic E-state index is 10.4. The number of nitrogens with zero attached hydrogens (tertiary/aromatic N) is 2. The van der Waals surface area contributed by atoms with Gasteiger partial charge in [0.25, 0.3) is 0 Å². The Morgan fingerprint density at radius 1 is 1.89 bits per heavy atom. The lowest BCUT2D eigenvalue weighted by atomic mass is 10.6. The summed E-state index contributed by atoms with van der Waals surface area (Å²) < 4.78 is 4.35. The number of esters is 1. The summed E-state index contributed by atoms with van der Waals surface area (Å²) in [5, 5.41) is 4.85. The third kappa shape index (κ3) is 3.52. The van der Waals surface area contributed by atoms with Gasteiger partial charge in [-0.05, 0) is 0 Å². The summed E-state index contributed by atoms with van der Waals surface area (Å²) in [7, 11) is 2.98. The Bertz CT molecular complexity index is 114. The highest BCUT2D eigenvalue weighted by molar-refractivity contribution is 5.71. The molecule has 0 saturated heterocycles. The average molecular weight is 130 g/mol.